The SMILES string of the molecule is CCCN1CCC(C(C)NC2CN3CCC2CC3)CC1. The average molecular weight is 279 g/mol. The second-order valence-corrected chi connectivity index (χ2v) is 7.38. The minimum Gasteiger partial charge on any atom is -0.310 e. The van der Waals surface area contributed by atoms with Gasteiger partial charge in [0.1, 0.15) is 0 Å². The van der Waals surface area contributed by atoms with E-state index in [1.165, 1.54) is 71.4 Å². The number of nitrogens with zero attached hydrogens (tertiary/aromatic N) is 2. The molecule has 0 saturated carbocycles. The van der Waals surface area contributed by atoms with Crippen LogP contribution in [0.1, 0.15) is 46.0 Å². The van der Waals surface area contributed by atoms with Gasteiger partial charge in [0.2, 0.25) is 0 Å². The summed E-state index contributed by atoms with van der Waals surface area (Å²) in [4.78, 5) is 5.31. The second kappa shape index (κ2) is 6.76. The second-order valence-electron chi connectivity index (χ2n) is 7.38. The molecule has 0 amide bonds. The quantitative estimate of drug-likeness (QED) is 0.832. The monoisotopic (exact) mass is 279 g/mol. The zero-order chi connectivity index (χ0) is 13.9. The Labute approximate surface area is 125 Å². The third-order valence-corrected chi connectivity index (χ3v) is 6.01. The lowest BCUT2D eigenvalue weighted by Crippen LogP contribution is -2.59. The maximum atomic E-state index is 4.01. The zero-order valence-electron chi connectivity index (χ0n) is 13.5. The highest BCUT2D eigenvalue weighted by atomic mass is 15.2. The van der Waals surface area contributed by atoms with Crippen molar-refractivity contribution in [1.29, 1.82) is 0 Å². The smallest absolute Gasteiger partial charge is 0.0226 e. The maximum Gasteiger partial charge on any atom is 0.0226 e. The molecule has 4 fully saturated rings. The molecule has 2 atom stereocenters. The van der Waals surface area contributed by atoms with Gasteiger partial charge < -0.3 is 15.1 Å². The number of hydrogen-bond donors (Lipinski definition) is 1. The van der Waals surface area contributed by atoms with Gasteiger partial charge in [0.25, 0.3) is 0 Å². The molecule has 0 aromatic rings. The van der Waals surface area contributed by atoms with Gasteiger partial charge >= 0.3 is 0 Å². The van der Waals surface area contributed by atoms with Crippen LogP contribution in [0.2, 0.25) is 0 Å². The van der Waals surface area contributed by atoms with E-state index in [-0.39, 0.29) is 0 Å². The molecule has 2 bridgehead atoms. The van der Waals surface area contributed by atoms with Crippen molar-refractivity contribution in [2.24, 2.45) is 11.8 Å². The Morgan fingerprint density at radius 3 is 2.30 bits per heavy atom. The van der Waals surface area contributed by atoms with Crippen LogP contribution in [-0.2, 0) is 0 Å². The predicted molar refractivity (Wildman–Crippen MR) is 85.0 cm³/mol. The molecule has 2 unspecified atom stereocenters. The van der Waals surface area contributed by atoms with E-state index in [4.69, 9.17) is 0 Å². The minimum atomic E-state index is 0.712. The Balaban J connectivity index is 1.44. The molecule has 0 spiro atoms. The first-order chi connectivity index (χ1) is 9.76. The summed E-state index contributed by atoms with van der Waals surface area (Å²) in [7, 11) is 0. The molecule has 1 N–H and O–H groups in total. The van der Waals surface area contributed by atoms with Gasteiger partial charge in [-0.25, -0.2) is 0 Å². The van der Waals surface area contributed by atoms with Crippen molar-refractivity contribution in [3.8, 4) is 0 Å². The van der Waals surface area contributed by atoms with E-state index >= 15 is 0 Å². The lowest BCUT2D eigenvalue weighted by molar-refractivity contribution is 0.0587. The summed E-state index contributed by atoms with van der Waals surface area (Å²) in [5.41, 5.74) is 0. The van der Waals surface area contributed by atoms with E-state index in [1.807, 2.05) is 0 Å². The lowest BCUT2D eigenvalue weighted by atomic mass is 9.82. The summed E-state index contributed by atoms with van der Waals surface area (Å²) < 4.78 is 0. The van der Waals surface area contributed by atoms with Crippen LogP contribution in [0.3, 0.4) is 0 Å². The van der Waals surface area contributed by atoms with Gasteiger partial charge in [0.15, 0.2) is 0 Å². The van der Waals surface area contributed by atoms with Crippen molar-refractivity contribution in [2.45, 2.75) is 58.0 Å². The van der Waals surface area contributed by atoms with Crippen molar-refractivity contribution in [1.82, 2.24) is 15.1 Å². The van der Waals surface area contributed by atoms with Crippen LogP contribution >= 0.6 is 0 Å². The molecule has 0 aliphatic carbocycles. The fourth-order valence-electron chi connectivity index (χ4n) is 4.62. The molecule has 4 aliphatic heterocycles. The maximum absolute atomic E-state index is 4.01. The first-order valence-corrected chi connectivity index (χ1v) is 8.97. The normalized spacial score (nSPS) is 37.2. The Kier molecular flexibility index (Phi) is 5.00. The van der Waals surface area contributed by atoms with Gasteiger partial charge in [-0.3, -0.25) is 0 Å². The van der Waals surface area contributed by atoms with Crippen molar-refractivity contribution < 1.29 is 0 Å². The lowest BCUT2D eigenvalue weighted by Gasteiger charge is -2.47. The Morgan fingerprint density at radius 2 is 1.75 bits per heavy atom. The van der Waals surface area contributed by atoms with Gasteiger partial charge in [-0.1, -0.05) is 6.92 Å². The van der Waals surface area contributed by atoms with Crippen molar-refractivity contribution in [2.75, 3.05) is 39.3 Å². The third-order valence-electron chi connectivity index (χ3n) is 6.01. The molecule has 4 rings (SSSR count). The van der Waals surface area contributed by atoms with Crippen LogP contribution in [-0.4, -0.2) is 61.2 Å². The van der Waals surface area contributed by atoms with Gasteiger partial charge in [-0.05, 0) is 83.6 Å². The number of hydrogen-bond acceptors (Lipinski definition) is 3. The van der Waals surface area contributed by atoms with Crippen molar-refractivity contribution in [3.63, 3.8) is 0 Å². The van der Waals surface area contributed by atoms with Crippen LogP contribution in [0.25, 0.3) is 0 Å². The van der Waals surface area contributed by atoms with E-state index in [0.29, 0.717) is 6.04 Å². The molecular weight excluding hydrogens is 246 g/mol. The topological polar surface area (TPSA) is 18.5 Å². The molecule has 0 aromatic carbocycles. The number of rotatable bonds is 5. The van der Waals surface area contributed by atoms with Gasteiger partial charge in [-0.2, -0.15) is 0 Å². The molecule has 3 nitrogen and oxygen atoms in total. The van der Waals surface area contributed by atoms with Crippen LogP contribution in [0.4, 0.5) is 0 Å². The first-order valence-electron chi connectivity index (χ1n) is 8.97. The molecule has 4 heterocycles. The van der Waals surface area contributed by atoms with E-state index in [9.17, 15) is 0 Å². The molecule has 116 valence electrons. The highest BCUT2D eigenvalue weighted by molar-refractivity contribution is 4.93. The van der Waals surface area contributed by atoms with Crippen LogP contribution in [0, 0.1) is 11.8 Å². The Hall–Kier alpha value is -0.120. The summed E-state index contributed by atoms with van der Waals surface area (Å²) in [6.45, 7) is 12.7. The zero-order valence-corrected chi connectivity index (χ0v) is 13.5. The fourth-order valence-corrected chi connectivity index (χ4v) is 4.62. The van der Waals surface area contributed by atoms with Gasteiger partial charge in [-0.15, -0.1) is 0 Å². The number of piperidine rings is 4. The Morgan fingerprint density at radius 1 is 1.05 bits per heavy atom. The van der Waals surface area contributed by atoms with Gasteiger partial charge in [0, 0.05) is 18.6 Å². The van der Waals surface area contributed by atoms with E-state index < -0.39 is 0 Å². The molecule has 4 saturated heterocycles. The van der Waals surface area contributed by atoms with E-state index in [2.05, 4.69) is 29.0 Å². The summed E-state index contributed by atoms with van der Waals surface area (Å²) in [6, 6.07) is 1.49. The summed E-state index contributed by atoms with van der Waals surface area (Å²) in [5, 5.41) is 4.01. The molecular formula is C17H33N3. The highest BCUT2D eigenvalue weighted by Gasteiger charge is 2.35. The molecule has 3 heteroatoms. The standard InChI is InChI=1S/C17H33N3/c1-3-8-19-9-4-15(5-10-19)14(2)18-17-13-20-11-6-16(17)7-12-20/h14-18H,3-13H2,1-2H3. The first kappa shape index (κ1) is 14.8. The highest BCUT2D eigenvalue weighted by Crippen LogP contribution is 2.29. The average Bonchev–Trinajstić information content (AvgIpc) is 2.49. The van der Waals surface area contributed by atoms with E-state index in [1.54, 1.807) is 0 Å². The summed E-state index contributed by atoms with van der Waals surface area (Å²) in [6.07, 6.45) is 6.96. The summed E-state index contributed by atoms with van der Waals surface area (Å²) >= 11 is 0. The summed E-state index contributed by atoms with van der Waals surface area (Å²) in [5.74, 6) is 1.86. The minimum absolute atomic E-state index is 0.712. The number of nitrogens with one attached hydrogen (secondary N) is 1. The van der Waals surface area contributed by atoms with Gasteiger partial charge in [0.05, 0.1) is 0 Å². The Bertz CT molecular complexity index is 291. The predicted octanol–water partition coefficient (Wildman–Crippen LogP) is 2.18. The van der Waals surface area contributed by atoms with Crippen molar-refractivity contribution in [3.05, 3.63) is 0 Å². The van der Waals surface area contributed by atoms with Crippen LogP contribution in [0.5, 0.6) is 0 Å². The van der Waals surface area contributed by atoms with Crippen LogP contribution in [0.15, 0.2) is 0 Å². The largest absolute Gasteiger partial charge is 0.310 e. The molecule has 0 aromatic heterocycles. The molecule has 20 heavy (non-hydrogen) atoms. The van der Waals surface area contributed by atoms with Crippen molar-refractivity contribution >= 4 is 0 Å². The molecule has 4 aliphatic rings. The number of fused-ring (bicyclic) bond motifs is 3. The third kappa shape index (κ3) is 3.37. The van der Waals surface area contributed by atoms with Crippen LogP contribution < -0.4 is 5.32 Å². The number of likely N-dealkylation sites (tertiary alicyclic amines) is 1. The fraction of sp³-hybridized carbons (Fsp3) is 1.00. The van der Waals surface area contributed by atoms with E-state index in [0.717, 1.165) is 17.9 Å². The molecule has 0 radical (unpaired) electrons.